The zero-order chi connectivity index (χ0) is 15.0. The lowest BCUT2D eigenvalue weighted by molar-refractivity contribution is -0.385. The third-order valence-electron chi connectivity index (χ3n) is 3.85. The van der Waals surface area contributed by atoms with Gasteiger partial charge in [0, 0.05) is 30.4 Å². The van der Waals surface area contributed by atoms with Crippen LogP contribution in [0.5, 0.6) is 0 Å². The Morgan fingerprint density at radius 2 is 2.14 bits per heavy atom. The summed E-state index contributed by atoms with van der Waals surface area (Å²) >= 11 is 0. The molecule has 1 aliphatic heterocycles. The fourth-order valence-corrected chi connectivity index (χ4v) is 2.83. The van der Waals surface area contributed by atoms with E-state index in [1.165, 1.54) is 12.1 Å². The molecule has 21 heavy (non-hydrogen) atoms. The first-order valence-electron chi connectivity index (χ1n) is 6.82. The molecule has 0 unspecified atom stereocenters. The predicted octanol–water partition coefficient (Wildman–Crippen LogP) is 3.61. The molecule has 4 nitrogen and oxygen atoms in total. The van der Waals surface area contributed by atoms with Gasteiger partial charge in [0.05, 0.1) is 4.92 Å². The molecule has 0 aromatic heterocycles. The quantitative estimate of drug-likeness (QED) is 0.639. The van der Waals surface area contributed by atoms with E-state index < -0.39 is 0 Å². The molecular formula is C16H15FN2O2. The van der Waals surface area contributed by atoms with Gasteiger partial charge in [-0.2, -0.15) is 0 Å². The number of fused-ring (bicyclic) bond motifs is 1. The molecule has 0 saturated heterocycles. The third kappa shape index (κ3) is 2.59. The van der Waals surface area contributed by atoms with Crippen molar-refractivity contribution in [2.75, 3.05) is 11.4 Å². The molecule has 5 heteroatoms. The zero-order valence-electron chi connectivity index (χ0n) is 11.7. The molecule has 0 saturated carbocycles. The van der Waals surface area contributed by atoms with Crippen LogP contribution in [0.1, 0.15) is 16.7 Å². The molecule has 108 valence electrons. The fourth-order valence-electron chi connectivity index (χ4n) is 2.83. The van der Waals surface area contributed by atoms with E-state index in [1.54, 1.807) is 19.1 Å². The van der Waals surface area contributed by atoms with E-state index in [0.29, 0.717) is 12.1 Å². The Bertz CT molecular complexity index is 715. The van der Waals surface area contributed by atoms with Gasteiger partial charge in [-0.05, 0) is 42.7 Å². The normalized spacial score (nSPS) is 13.3. The Labute approximate surface area is 122 Å². The van der Waals surface area contributed by atoms with Crippen LogP contribution in [0, 0.1) is 22.9 Å². The predicted molar refractivity (Wildman–Crippen MR) is 79.0 cm³/mol. The Balaban J connectivity index is 1.92. The van der Waals surface area contributed by atoms with Crippen LogP contribution in [0.2, 0.25) is 0 Å². The summed E-state index contributed by atoms with van der Waals surface area (Å²) in [7, 11) is 0. The van der Waals surface area contributed by atoms with Crippen molar-refractivity contribution in [1.29, 1.82) is 0 Å². The van der Waals surface area contributed by atoms with Crippen molar-refractivity contribution in [3.05, 3.63) is 69.0 Å². The van der Waals surface area contributed by atoms with Gasteiger partial charge in [0.25, 0.3) is 5.69 Å². The van der Waals surface area contributed by atoms with Gasteiger partial charge in [-0.25, -0.2) is 4.39 Å². The van der Waals surface area contributed by atoms with E-state index in [4.69, 9.17) is 0 Å². The Morgan fingerprint density at radius 3 is 2.86 bits per heavy atom. The maximum absolute atomic E-state index is 13.3. The molecule has 0 fully saturated rings. The van der Waals surface area contributed by atoms with Crippen molar-refractivity contribution >= 4 is 11.4 Å². The molecule has 0 bridgehead atoms. The van der Waals surface area contributed by atoms with Crippen LogP contribution < -0.4 is 4.90 Å². The van der Waals surface area contributed by atoms with Gasteiger partial charge < -0.3 is 4.90 Å². The van der Waals surface area contributed by atoms with Crippen LogP contribution >= 0.6 is 0 Å². The van der Waals surface area contributed by atoms with Gasteiger partial charge in [0.15, 0.2) is 0 Å². The van der Waals surface area contributed by atoms with E-state index in [2.05, 4.69) is 4.90 Å². The SMILES string of the molecule is Cc1cc2c(cc1[N+](=O)[O-])N(Cc1cccc(F)c1)CC2. The molecular weight excluding hydrogens is 271 g/mol. The molecule has 2 aromatic rings. The van der Waals surface area contributed by atoms with Gasteiger partial charge in [-0.3, -0.25) is 10.1 Å². The molecule has 2 aromatic carbocycles. The lowest BCUT2D eigenvalue weighted by atomic mass is 10.1. The summed E-state index contributed by atoms with van der Waals surface area (Å²) in [6.45, 7) is 3.12. The minimum Gasteiger partial charge on any atom is -0.366 e. The Morgan fingerprint density at radius 1 is 1.33 bits per heavy atom. The van der Waals surface area contributed by atoms with E-state index in [0.717, 1.165) is 29.8 Å². The highest BCUT2D eigenvalue weighted by molar-refractivity contribution is 5.65. The number of hydrogen-bond donors (Lipinski definition) is 0. The molecule has 3 rings (SSSR count). The summed E-state index contributed by atoms with van der Waals surface area (Å²) in [5.74, 6) is -0.262. The lowest BCUT2D eigenvalue weighted by Crippen LogP contribution is -2.19. The van der Waals surface area contributed by atoms with Crippen molar-refractivity contribution in [2.24, 2.45) is 0 Å². The summed E-state index contributed by atoms with van der Waals surface area (Å²) in [5.41, 5.74) is 3.70. The van der Waals surface area contributed by atoms with Crippen molar-refractivity contribution in [3.8, 4) is 0 Å². The number of rotatable bonds is 3. The number of halogens is 1. The second-order valence-corrected chi connectivity index (χ2v) is 5.33. The van der Waals surface area contributed by atoms with Crippen LogP contribution in [0.25, 0.3) is 0 Å². The molecule has 0 amide bonds. The van der Waals surface area contributed by atoms with Gasteiger partial charge >= 0.3 is 0 Å². The number of benzene rings is 2. The number of anilines is 1. The number of hydrogen-bond acceptors (Lipinski definition) is 3. The largest absolute Gasteiger partial charge is 0.366 e. The molecule has 0 radical (unpaired) electrons. The summed E-state index contributed by atoms with van der Waals surface area (Å²) in [6, 6.07) is 9.98. The topological polar surface area (TPSA) is 46.4 Å². The van der Waals surface area contributed by atoms with E-state index in [9.17, 15) is 14.5 Å². The Hall–Kier alpha value is -2.43. The number of nitrogens with zero attached hydrogens (tertiary/aromatic N) is 2. The molecule has 1 aliphatic rings. The van der Waals surface area contributed by atoms with Crippen molar-refractivity contribution in [2.45, 2.75) is 19.9 Å². The summed E-state index contributed by atoms with van der Waals surface area (Å²) in [4.78, 5) is 12.8. The standard InChI is InChI=1S/C16H15FN2O2/c1-11-7-13-5-6-18(16(13)9-15(11)19(20)21)10-12-3-2-4-14(17)8-12/h2-4,7-9H,5-6,10H2,1H3. The van der Waals surface area contributed by atoms with Crippen LogP contribution in [0.4, 0.5) is 15.8 Å². The number of nitro groups is 1. The third-order valence-corrected chi connectivity index (χ3v) is 3.85. The number of nitro benzene ring substituents is 1. The molecule has 0 spiro atoms. The molecule has 0 atom stereocenters. The van der Waals surface area contributed by atoms with Gasteiger partial charge in [0.1, 0.15) is 5.82 Å². The second-order valence-electron chi connectivity index (χ2n) is 5.33. The zero-order valence-corrected chi connectivity index (χ0v) is 11.7. The monoisotopic (exact) mass is 286 g/mol. The minimum absolute atomic E-state index is 0.139. The first kappa shape index (κ1) is 13.5. The molecule has 0 N–H and O–H groups in total. The highest BCUT2D eigenvalue weighted by Crippen LogP contribution is 2.34. The van der Waals surface area contributed by atoms with Crippen LogP contribution in [0.15, 0.2) is 36.4 Å². The number of aryl methyl sites for hydroxylation is 1. The second kappa shape index (κ2) is 5.16. The van der Waals surface area contributed by atoms with E-state index in [1.807, 2.05) is 12.1 Å². The van der Waals surface area contributed by atoms with Crippen LogP contribution in [-0.4, -0.2) is 11.5 Å². The van der Waals surface area contributed by atoms with Crippen LogP contribution in [-0.2, 0) is 13.0 Å². The van der Waals surface area contributed by atoms with Crippen LogP contribution in [0.3, 0.4) is 0 Å². The summed E-state index contributed by atoms with van der Waals surface area (Å²) in [5, 5.41) is 11.1. The Kier molecular flexibility index (Phi) is 3.33. The summed E-state index contributed by atoms with van der Waals surface area (Å²) in [6.07, 6.45) is 0.865. The fraction of sp³-hybridized carbons (Fsp3) is 0.250. The van der Waals surface area contributed by atoms with Gasteiger partial charge in [-0.15, -0.1) is 0 Å². The van der Waals surface area contributed by atoms with Gasteiger partial charge in [0.2, 0.25) is 0 Å². The first-order chi connectivity index (χ1) is 10.0. The highest BCUT2D eigenvalue weighted by Gasteiger charge is 2.24. The van der Waals surface area contributed by atoms with Crippen molar-refractivity contribution < 1.29 is 9.31 Å². The average molecular weight is 286 g/mol. The van der Waals surface area contributed by atoms with Gasteiger partial charge in [-0.1, -0.05) is 12.1 Å². The average Bonchev–Trinajstić information content (AvgIpc) is 2.80. The lowest BCUT2D eigenvalue weighted by Gasteiger charge is -2.19. The smallest absolute Gasteiger partial charge is 0.274 e. The molecule has 1 heterocycles. The van der Waals surface area contributed by atoms with Crippen molar-refractivity contribution in [1.82, 2.24) is 0 Å². The maximum Gasteiger partial charge on any atom is 0.274 e. The minimum atomic E-state index is -0.353. The highest BCUT2D eigenvalue weighted by atomic mass is 19.1. The summed E-state index contributed by atoms with van der Waals surface area (Å²) < 4.78 is 13.3. The van der Waals surface area contributed by atoms with E-state index in [-0.39, 0.29) is 16.4 Å². The van der Waals surface area contributed by atoms with E-state index >= 15 is 0 Å². The van der Waals surface area contributed by atoms with Crippen molar-refractivity contribution in [3.63, 3.8) is 0 Å². The first-order valence-corrected chi connectivity index (χ1v) is 6.82. The maximum atomic E-state index is 13.3. The molecule has 0 aliphatic carbocycles.